The van der Waals surface area contributed by atoms with E-state index in [1.165, 1.54) is 42.5 Å². The molecule has 1 heterocycles. The van der Waals surface area contributed by atoms with Gasteiger partial charge < -0.3 is 4.74 Å². The first-order valence-electron chi connectivity index (χ1n) is 10.2. The number of halogens is 3. The number of nitro groups is 2. The Kier molecular flexibility index (Phi) is 7.30. The van der Waals surface area contributed by atoms with Gasteiger partial charge in [0.2, 0.25) is 5.75 Å². The molecule has 12 nitrogen and oxygen atoms in total. The zero-order valence-electron chi connectivity index (χ0n) is 18.5. The fourth-order valence-corrected chi connectivity index (χ4v) is 3.86. The van der Waals surface area contributed by atoms with Crippen LogP contribution in [0.15, 0.2) is 60.2 Å². The van der Waals surface area contributed by atoms with Crippen molar-refractivity contribution in [3.8, 4) is 11.5 Å². The lowest BCUT2D eigenvalue weighted by Gasteiger charge is -2.26. The third kappa shape index (κ3) is 5.27. The topological polar surface area (TPSA) is 162 Å². The minimum atomic E-state index is -0.984. The van der Waals surface area contributed by atoms with E-state index in [0.717, 1.165) is 18.2 Å². The summed E-state index contributed by atoms with van der Waals surface area (Å²) in [5, 5.41) is 24.6. The number of benzene rings is 3. The average molecular weight is 578 g/mol. The van der Waals surface area contributed by atoms with E-state index in [1.54, 1.807) is 0 Å². The number of urea groups is 1. The highest BCUT2D eigenvalue weighted by molar-refractivity contribution is 6.43. The normalized spacial score (nSPS) is 14.4. The van der Waals surface area contributed by atoms with Crippen LogP contribution in [-0.2, 0) is 9.59 Å². The third-order valence-corrected chi connectivity index (χ3v) is 6.13. The summed E-state index contributed by atoms with van der Waals surface area (Å²) in [4.78, 5) is 59.2. The van der Waals surface area contributed by atoms with Crippen LogP contribution in [0, 0.1) is 20.2 Å². The zero-order chi connectivity index (χ0) is 27.7. The largest absolute Gasteiger partial charge is 0.449 e. The first kappa shape index (κ1) is 26.5. The molecular formula is C23H11Cl3N4O8. The molecule has 1 saturated heterocycles. The Bertz CT molecular complexity index is 1590. The van der Waals surface area contributed by atoms with Gasteiger partial charge in [-0.25, -0.2) is 9.69 Å². The van der Waals surface area contributed by atoms with Crippen LogP contribution in [0.25, 0.3) is 6.08 Å². The van der Waals surface area contributed by atoms with E-state index in [-0.39, 0.29) is 37.8 Å². The van der Waals surface area contributed by atoms with Crippen molar-refractivity contribution in [3.63, 3.8) is 0 Å². The van der Waals surface area contributed by atoms with Crippen LogP contribution < -0.4 is 15.0 Å². The van der Waals surface area contributed by atoms with Crippen LogP contribution in [0.3, 0.4) is 0 Å². The number of anilines is 1. The molecule has 1 N–H and O–H groups in total. The average Bonchev–Trinajstić information content (AvgIpc) is 2.85. The first-order valence-corrected chi connectivity index (χ1v) is 11.4. The van der Waals surface area contributed by atoms with E-state index < -0.39 is 44.6 Å². The molecule has 3 aromatic rings. The lowest BCUT2D eigenvalue weighted by atomic mass is 10.1. The van der Waals surface area contributed by atoms with Gasteiger partial charge in [-0.1, -0.05) is 40.9 Å². The predicted octanol–water partition coefficient (Wildman–Crippen LogP) is 5.92. The van der Waals surface area contributed by atoms with Crippen LogP contribution >= 0.6 is 34.8 Å². The van der Waals surface area contributed by atoms with Crippen LogP contribution in [0.5, 0.6) is 11.5 Å². The quantitative estimate of drug-likeness (QED) is 0.163. The Morgan fingerprint density at radius 2 is 1.53 bits per heavy atom. The van der Waals surface area contributed by atoms with E-state index in [4.69, 9.17) is 39.5 Å². The maximum absolute atomic E-state index is 13.0. The second-order valence-corrected chi connectivity index (χ2v) is 8.74. The Morgan fingerprint density at radius 3 is 2.16 bits per heavy atom. The Labute approximate surface area is 227 Å². The van der Waals surface area contributed by atoms with Crippen LogP contribution in [0.4, 0.5) is 21.9 Å². The number of nitro benzene ring substituents is 2. The van der Waals surface area contributed by atoms with Crippen molar-refractivity contribution in [1.29, 1.82) is 0 Å². The SMILES string of the molecule is O=C1NC(=O)N(c2ccc(Cl)c(Cl)c2)C(=O)/C1=C/c1ccc(Oc2ccc([N+](=O)[O-])cc2[N+](=O)[O-])c(Cl)c1. The number of imide groups is 2. The molecule has 0 saturated carbocycles. The maximum Gasteiger partial charge on any atom is 0.335 e. The number of hydrogen-bond donors (Lipinski definition) is 1. The number of non-ortho nitro benzene ring substituents is 1. The monoisotopic (exact) mass is 576 g/mol. The molecule has 0 atom stereocenters. The molecule has 0 spiro atoms. The molecule has 0 aromatic heterocycles. The van der Waals surface area contributed by atoms with E-state index in [0.29, 0.717) is 4.90 Å². The number of rotatable bonds is 6. The molecule has 1 aliphatic heterocycles. The molecule has 0 unspecified atom stereocenters. The number of hydrogen-bond acceptors (Lipinski definition) is 8. The lowest BCUT2D eigenvalue weighted by Crippen LogP contribution is -2.54. The maximum atomic E-state index is 13.0. The van der Waals surface area contributed by atoms with Crippen molar-refractivity contribution in [2.75, 3.05) is 4.90 Å². The van der Waals surface area contributed by atoms with E-state index in [1.807, 2.05) is 0 Å². The van der Waals surface area contributed by atoms with Gasteiger partial charge in [-0.2, -0.15) is 0 Å². The molecule has 4 amide bonds. The van der Waals surface area contributed by atoms with Crippen molar-refractivity contribution in [1.82, 2.24) is 5.32 Å². The van der Waals surface area contributed by atoms with Gasteiger partial charge in [0, 0.05) is 6.07 Å². The highest BCUT2D eigenvalue weighted by atomic mass is 35.5. The number of nitrogens with one attached hydrogen (secondary N) is 1. The molecule has 15 heteroatoms. The number of ether oxygens (including phenoxy) is 1. The minimum Gasteiger partial charge on any atom is -0.449 e. The fraction of sp³-hybridized carbons (Fsp3) is 0. The van der Waals surface area contributed by atoms with Gasteiger partial charge in [0.15, 0.2) is 0 Å². The summed E-state index contributed by atoms with van der Waals surface area (Å²) in [5.74, 6) is -2.23. The van der Waals surface area contributed by atoms with Gasteiger partial charge in [-0.15, -0.1) is 0 Å². The lowest BCUT2D eigenvalue weighted by molar-refractivity contribution is -0.394. The molecule has 0 radical (unpaired) electrons. The molecule has 1 fully saturated rings. The summed E-state index contributed by atoms with van der Waals surface area (Å²) < 4.78 is 5.49. The summed E-state index contributed by atoms with van der Waals surface area (Å²) in [6.45, 7) is 0. The number of carbonyl (C=O) groups is 3. The van der Waals surface area contributed by atoms with Crippen molar-refractivity contribution in [2.24, 2.45) is 0 Å². The summed E-state index contributed by atoms with van der Waals surface area (Å²) >= 11 is 18.1. The van der Waals surface area contributed by atoms with Gasteiger partial charge in [0.1, 0.15) is 11.3 Å². The van der Waals surface area contributed by atoms with E-state index in [2.05, 4.69) is 5.32 Å². The van der Waals surface area contributed by atoms with Gasteiger partial charge in [-0.3, -0.25) is 35.1 Å². The summed E-state index contributed by atoms with van der Waals surface area (Å²) in [6, 6.07) is 9.91. The second kappa shape index (κ2) is 10.5. The van der Waals surface area contributed by atoms with Gasteiger partial charge in [0.25, 0.3) is 17.5 Å². The highest BCUT2D eigenvalue weighted by Gasteiger charge is 2.37. The van der Waals surface area contributed by atoms with Crippen LogP contribution in [-0.4, -0.2) is 27.7 Å². The number of nitrogens with zero attached hydrogens (tertiary/aromatic N) is 3. The number of barbiturate groups is 1. The molecule has 3 aromatic carbocycles. The van der Waals surface area contributed by atoms with Crippen LogP contribution in [0.1, 0.15) is 5.56 Å². The Balaban J connectivity index is 1.64. The van der Waals surface area contributed by atoms with Gasteiger partial charge in [-0.05, 0) is 48.0 Å². The van der Waals surface area contributed by atoms with E-state index in [9.17, 15) is 34.6 Å². The molecule has 4 rings (SSSR count). The van der Waals surface area contributed by atoms with E-state index >= 15 is 0 Å². The molecule has 192 valence electrons. The summed E-state index contributed by atoms with van der Waals surface area (Å²) in [6.07, 6.45) is 1.18. The van der Waals surface area contributed by atoms with Crippen molar-refractivity contribution < 1.29 is 29.0 Å². The minimum absolute atomic E-state index is 0.0437. The van der Waals surface area contributed by atoms with Crippen molar-refractivity contribution >= 4 is 75.8 Å². The summed E-state index contributed by atoms with van der Waals surface area (Å²) in [7, 11) is 0. The van der Waals surface area contributed by atoms with Gasteiger partial charge in [0.05, 0.1) is 36.7 Å². The third-order valence-electron chi connectivity index (χ3n) is 5.10. The first-order chi connectivity index (χ1) is 18.0. The Morgan fingerprint density at radius 1 is 0.816 bits per heavy atom. The van der Waals surface area contributed by atoms with Crippen molar-refractivity contribution in [3.05, 3.63) is 101 Å². The molecule has 1 aliphatic rings. The highest BCUT2D eigenvalue weighted by Crippen LogP contribution is 2.37. The molecule has 38 heavy (non-hydrogen) atoms. The molecule has 0 aliphatic carbocycles. The smallest absolute Gasteiger partial charge is 0.335 e. The second-order valence-electron chi connectivity index (χ2n) is 7.51. The standard InChI is InChI=1S/C23H11Cl3N4O8/c24-15-4-2-12(9-16(15)25)28-22(32)14(21(31)27-23(28)33)7-11-1-5-19(17(26)8-11)38-20-6-3-13(29(34)35)10-18(20)30(36)37/h1-10H,(H,27,31,33)/b14-7+. The zero-order valence-corrected chi connectivity index (χ0v) is 20.8. The van der Waals surface area contributed by atoms with Crippen LogP contribution in [0.2, 0.25) is 15.1 Å². The van der Waals surface area contributed by atoms with Gasteiger partial charge >= 0.3 is 11.7 Å². The van der Waals surface area contributed by atoms with Crippen molar-refractivity contribution in [2.45, 2.75) is 0 Å². The Hall–Kier alpha value is -4.52. The number of amides is 4. The molecular weight excluding hydrogens is 567 g/mol. The molecule has 0 bridgehead atoms. The fourth-order valence-electron chi connectivity index (χ4n) is 3.34. The number of carbonyl (C=O) groups excluding carboxylic acids is 3. The summed E-state index contributed by atoms with van der Waals surface area (Å²) in [5.41, 5.74) is -1.22. The predicted molar refractivity (Wildman–Crippen MR) is 137 cm³/mol.